The van der Waals surface area contributed by atoms with Crippen LogP contribution in [0.15, 0.2) is 60.7 Å². The first-order valence-corrected chi connectivity index (χ1v) is 7.41. The average molecular weight is 276 g/mol. The second-order valence-electron chi connectivity index (χ2n) is 5.63. The molecule has 3 rings (SSSR count). The number of aromatic nitrogens is 1. The van der Waals surface area contributed by atoms with Crippen molar-refractivity contribution in [3.05, 3.63) is 66.2 Å². The monoisotopic (exact) mass is 276 g/mol. The van der Waals surface area contributed by atoms with Crippen LogP contribution in [0.25, 0.3) is 22.2 Å². The molecule has 3 aromatic rings. The zero-order valence-corrected chi connectivity index (χ0v) is 12.5. The third kappa shape index (κ3) is 3.29. The first-order chi connectivity index (χ1) is 10.2. The fraction of sp³-hybridized carbons (Fsp3) is 0.211. The zero-order valence-electron chi connectivity index (χ0n) is 12.5. The molecule has 1 aromatic heterocycles. The second-order valence-corrected chi connectivity index (χ2v) is 5.63. The highest BCUT2D eigenvalue weighted by Gasteiger charge is 2.03. The number of hydrogen-bond acceptors (Lipinski definition) is 2. The number of fused-ring (bicyclic) bond motifs is 1. The van der Waals surface area contributed by atoms with Crippen LogP contribution in [0.3, 0.4) is 0 Å². The van der Waals surface area contributed by atoms with Crippen LogP contribution in [-0.4, -0.2) is 11.0 Å². The molecule has 0 aliphatic heterocycles. The van der Waals surface area contributed by atoms with Gasteiger partial charge in [0.15, 0.2) is 0 Å². The van der Waals surface area contributed by atoms with Crippen LogP contribution < -0.4 is 5.32 Å². The van der Waals surface area contributed by atoms with Gasteiger partial charge in [0.05, 0.1) is 11.2 Å². The van der Waals surface area contributed by atoms with Crippen molar-refractivity contribution in [3.8, 4) is 11.3 Å². The molecule has 0 saturated carbocycles. The normalized spacial score (nSPS) is 11.2. The van der Waals surface area contributed by atoms with Gasteiger partial charge in [0.2, 0.25) is 0 Å². The van der Waals surface area contributed by atoms with Gasteiger partial charge in [-0.15, -0.1) is 0 Å². The molecule has 0 saturated heterocycles. The summed E-state index contributed by atoms with van der Waals surface area (Å²) in [7, 11) is 0. The molecule has 0 radical (unpaired) electrons. The van der Waals surface area contributed by atoms with Crippen molar-refractivity contribution in [1.29, 1.82) is 0 Å². The highest BCUT2D eigenvalue weighted by molar-refractivity contribution is 5.81. The standard InChI is InChI=1S/C19H20N2/c1-14(2)20-13-15-6-5-8-17(12-15)19-11-10-16-7-3-4-9-18(16)21-19/h3-12,14,20H,13H2,1-2H3. The minimum absolute atomic E-state index is 0.493. The van der Waals surface area contributed by atoms with Gasteiger partial charge in [-0.3, -0.25) is 0 Å². The van der Waals surface area contributed by atoms with Crippen LogP contribution in [0.1, 0.15) is 19.4 Å². The number of benzene rings is 2. The maximum absolute atomic E-state index is 4.76. The van der Waals surface area contributed by atoms with E-state index < -0.39 is 0 Å². The molecular formula is C19H20N2. The Morgan fingerprint density at radius 2 is 1.81 bits per heavy atom. The molecule has 1 N–H and O–H groups in total. The van der Waals surface area contributed by atoms with Crippen molar-refractivity contribution in [2.45, 2.75) is 26.4 Å². The van der Waals surface area contributed by atoms with E-state index in [0.29, 0.717) is 6.04 Å². The highest BCUT2D eigenvalue weighted by Crippen LogP contribution is 2.21. The Morgan fingerprint density at radius 1 is 0.952 bits per heavy atom. The molecule has 0 unspecified atom stereocenters. The van der Waals surface area contributed by atoms with Gasteiger partial charge in [0, 0.05) is 23.5 Å². The van der Waals surface area contributed by atoms with Crippen LogP contribution in [0.4, 0.5) is 0 Å². The summed E-state index contributed by atoms with van der Waals surface area (Å²) in [5.74, 6) is 0. The summed E-state index contributed by atoms with van der Waals surface area (Å²) < 4.78 is 0. The topological polar surface area (TPSA) is 24.9 Å². The van der Waals surface area contributed by atoms with Gasteiger partial charge in [-0.25, -0.2) is 4.98 Å². The molecule has 2 nitrogen and oxygen atoms in total. The van der Waals surface area contributed by atoms with Gasteiger partial charge in [-0.2, -0.15) is 0 Å². The number of pyridine rings is 1. The summed E-state index contributed by atoms with van der Waals surface area (Å²) in [6.45, 7) is 5.21. The molecule has 106 valence electrons. The van der Waals surface area contributed by atoms with E-state index in [2.05, 4.69) is 67.7 Å². The molecule has 2 aromatic carbocycles. The molecule has 0 aliphatic carbocycles. The lowest BCUT2D eigenvalue weighted by Gasteiger charge is -2.09. The van der Waals surface area contributed by atoms with Crippen molar-refractivity contribution in [2.75, 3.05) is 0 Å². The number of rotatable bonds is 4. The van der Waals surface area contributed by atoms with Crippen LogP contribution in [-0.2, 0) is 6.54 Å². The van der Waals surface area contributed by atoms with Crippen LogP contribution in [0, 0.1) is 0 Å². The van der Waals surface area contributed by atoms with Crippen molar-refractivity contribution in [3.63, 3.8) is 0 Å². The predicted octanol–water partition coefficient (Wildman–Crippen LogP) is 4.40. The minimum atomic E-state index is 0.493. The Labute approximate surface area is 125 Å². The number of hydrogen-bond donors (Lipinski definition) is 1. The third-order valence-corrected chi connectivity index (χ3v) is 3.54. The van der Waals surface area contributed by atoms with E-state index in [9.17, 15) is 0 Å². The Kier molecular flexibility index (Phi) is 3.98. The van der Waals surface area contributed by atoms with Gasteiger partial charge < -0.3 is 5.32 Å². The van der Waals surface area contributed by atoms with E-state index in [4.69, 9.17) is 4.98 Å². The lowest BCUT2D eigenvalue weighted by atomic mass is 10.1. The Balaban J connectivity index is 1.92. The van der Waals surface area contributed by atoms with Crippen molar-refractivity contribution in [1.82, 2.24) is 10.3 Å². The average Bonchev–Trinajstić information content (AvgIpc) is 2.53. The summed E-state index contributed by atoms with van der Waals surface area (Å²) in [4.78, 5) is 4.76. The molecule has 2 heteroatoms. The molecule has 0 aliphatic rings. The quantitative estimate of drug-likeness (QED) is 0.764. The lowest BCUT2D eigenvalue weighted by Crippen LogP contribution is -2.21. The van der Waals surface area contributed by atoms with Crippen LogP contribution >= 0.6 is 0 Å². The van der Waals surface area contributed by atoms with Crippen molar-refractivity contribution < 1.29 is 0 Å². The van der Waals surface area contributed by atoms with Crippen molar-refractivity contribution >= 4 is 10.9 Å². The fourth-order valence-electron chi connectivity index (χ4n) is 2.39. The van der Waals surface area contributed by atoms with E-state index in [1.165, 1.54) is 16.5 Å². The predicted molar refractivity (Wildman–Crippen MR) is 89.2 cm³/mol. The summed E-state index contributed by atoms with van der Waals surface area (Å²) in [5, 5.41) is 4.63. The van der Waals surface area contributed by atoms with E-state index in [-0.39, 0.29) is 0 Å². The number of para-hydroxylation sites is 1. The first kappa shape index (κ1) is 13.8. The Hall–Kier alpha value is -2.19. The zero-order chi connectivity index (χ0) is 14.7. The van der Waals surface area contributed by atoms with E-state index in [1.807, 2.05) is 12.1 Å². The van der Waals surface area contributed by atoms with Gasteiger partial charge >= 0.3 is 0 Å². The van der Waals surface area contributed by atoms with Crippen molar-refractivity contribution in [2.24, 2.45) is 0 Å². The van der Waals surface area contributed by atoms with E-state index in [0.717, 1.165) is 17.8 Å². The maximum atomic E-state index is 4.76. The lowest BCUT2D eigenvalue weighted by molar-refractivity contribution is 0.589. The number of nitrogens with zero attached hydrogens (tertiary/aromatic N) is 1. The van der Waals surface area contributed by atoms with Crippen LogP contribution in [0.2, 0.25) is 0 Å². The van der Waals surface area contributed by atoms with Gasteiger partial charge in [-0.05, 0) is 23.8 Å². The summed E-state index contributed by atoms with van der Waals surface area (Å²) in [6.07, 6.45) is 0. The van der Waals surface area contributed by atoms with Gasteiger partial charge in [0.1, 0.15) is 0 Å². The molecule has 1 heterocycles. The third-order valence-electron chi connectivity index (χ3n) is 3.54. The van der Waals surface area contributed by atoms with E-state index in [1.54, 1.807) is 0 Å². The molecular weight excluding hydrogens is 256 g/mol. The Morgan fingerprint density at radius 3 is 2.67 bits per heavy atom. The fourth-order valence-corrected chi connectivity index (χ4v) is 2.39. The molecule has 0 fully saturated rings. The Bertz CT molecular complexity index is 747. The largest absolute Gasteiger partial charge is 0.310 e. The summed E-state index contributed by atoms with van der Waals surface area (Å²) in [6, 6.07) is 21.5. The molecule has 0 bridgehead atoms. The first-order valence-electron chi connectivity index (χ1n) is 7.41. The minimum Gasteiger partial charge on any atom is -0.310 e. The van der Waals surface area contributed by atoms with Crippen LogP contribution in [0.5, 0.6) is 0 Å². The second kappa shape index (κ2) is 6.06. The molecule has 0 atom stereocenters. The van der Waals surface area contributed by atoms with E-state index >= 15 is 0 Å². The SMILES string of the molecule is CC(C)NCc1cccc(-c2ccc3ccccc3n2)c1. The smallest absolute Gasteiger partial charge is 0.0709 e. The highest BCUT2D eigenvalue weighted by atomic mass is 14.9. The number of nitrogens with one attached hydrogen (secondary N) is 1. The maximum Gasteiger partial charge on any atom is 0.0709 e. The van der Waals surface area contributed by atoms with Gasteiger partial charge in [-0.1, -0.05) is 56.3 Å². The summed E-state index contributed by atoms with van der Waals surface area (Å²) in [5.41, 5.74) is 4.53. The molecule has 0 amide bonds. The summed E-state index contributed by atoms with van der Waals surface area (Å²) >= 11 is 0. The van der Waals surface area contributed by atoms with Gasteiger partial charge in [0.25, 0.3) is 0 Å². The molecule has 21 heavy (non-hydrogen) atoms. The molecule has 0 spiro atoms.